The van der Waals surface area contributed by atoms with Gasteiger partial charge in [0.05, 0.1) is 17.4 Å². The van der Waals surface area contributed by atoms with E-state index < -0.39 is 5.54 Å². The van der Waals surface area contributed by atoms with Crippen molar-refractivity contribution >= 4 is 33.8 Å². The maximum Gasteiger partial charge on any atom is 0.252 e. The molecule has 33 heavy (non-hydrogen) atoms. The summed E-state index contributed by atoms with van der Waals surface area (Å²) in [5.41, 5.74) is 2.81. The minimum absolute atomic E-state index is 0.203. The molecule has 0 atom stereocenters. The van der Waals surface area contributed by atoms with E-state index in [4.69, 9.17) is 0 Å². The number of imidazole rings is 1. The fraction of sp³-hybridized carbons (Fsp3) is 0.292. The molecule has 0 radical (unpaired) electrons. The first-order valence-corrected chi connectivity index (χ1v) is 11.0. The molecule has 1 aliphatic heterocycles. The van der Waals surface area contributed by atoms with Gasteiger partial charge in [-0.05, 0) is 74.3 Å². The number of benzene rings is 2. The van der Waals surface area contributed by atoms with E-state index in [9.17, 15) is 14.0 Å². The van der Waals surface area contributed by atoms with Gasteiger partial charge in [0.15, 0.2) is 0 Å². The van der Waals surface area contributed by atoms with Gasteiger partial charge in [-0.2, -0.15) is 0 Å². The fourth-order valence-corrected chi connectivity index (χ4v) is 4.47. The van der Waals surface area contributed by atoms with Crippen LogP contribution in [0.15, 0.2) is 48.9 Å². The average Bonchev–Trinajstić information content (AvgIpc) is 3.46. The van der Waals surface area contributed by atoms with Crippen molar-refractivity contribution < 1.29 is 14.0 Å². The van der Waals surface area contributed by atoms with Crippen LogP contribution in [-0.4, -0.2) is 51.9 Å². The number of nitrogens with one attached hydrogen (secondary N) is 5. The van der Waals surface area contributed by atoms with Gasteiger partial charge in [-0.1, -0.05) is 0 Å². The summed E-state index contributed by atoms with van der Waals surface area (Å²) in [6.07, 6.45) is 4.96. The molecule has 4 aromatic rings. The Labute approximate surface area is 189 Å². The number of hydrogen-bond acceptors (Lipinski definition) is 4. The monoisotopic (exact) mass is 448 g/mol. The third-order valence-electron chi connectivity index (χ3n) is 6.34. The number of piperidine rings is 1. The molecule has 5 N–H and O–H groups in total. The molecule has 1 aliphatic rings. The molecule has 0 spiro atoms. The molecule has 2 aromatic carbocycles. The zero-order valence-electron chi connectivity index (χ0n) is 18.0. The van der Waals surface area contributed by atoms with Gasteiger partial charge in [-0.3, -0.25) is 9.59 Å². The summed E-state index contributed by atoms with van der Waals surface area (Å²) in [5.74, 6) is -0.793. The lowest BCUT2D eigenvalue weighted by molar-refractivity contribution is -0.128. The number of carbonyl (C=O) groups is 2. The fourth-order valence-electron chi connectivity index (χ4n) is 4.47. The molecule has 0 saturated carbocycles. The molecule has 0 bridgehead atoms. The third kappa shape index (κ3) is 4.19. The van der Waals surface area contributed by atoms with Crippen LogP contribution in [0.3, 0.4) is 0 Å². The van der Waals surface area contributed by atoms with Crippen LogP contribution in [0.4, 0.5) is 4.39 Å². The first-order chi connectivity index (χ1) is 16.0. The second kappa shape index (κ2) is 8.67. The Morgan fingerprint density at radius 1 is 1.06 bits per heavy atom. The summed E-state index contributed by atoms with van der Waals surface area (Å²) >= 11 is 0. The lowest BCUT2D eigenvalue weighted by Gasteiger charge is -2.37. The van der Waals surface area contributed by atoms with Crippen LogP contribution >= 0.6 is 0 Å². The van der Waals surface area contributed by atoms with Gasteiger partial charge in [0, 0.05) is 29.2 Å². The normalized spacial score (nSPS) is 15.5. The number of fused-ring (bicyclic) bond motifs is 2. The number of amides is 2. The van der Waals surface area contributed by atoms with Crippen molar-refractivity contribution in [2.75, 3.05) is 19.6 Å². The Bertz CT molecular complexity index is 1320. The lowest BCUT2D eigenvalue weighted by atomic mass is 9.86. The lowest BCUT2D eigenvalue weighted by Crippen LogP contribution is -2.63. The minimum Gasteiger partial charge on any atom is -0.361 e. The van der Waals surface area contributed by atoms with Crippen molar-refractivity contribution in [1.82, 2.24) is 30.9 Å². The van der Waals surface area contributed by atoms with Crippen molar-refractivity contribution in [2.24, 2.45) is 0 Å². The van der Waals surface area contributed by atoms with Gasteiger partial charge in [0.2, 0.25) is 5.91 Å². The van der Waals surface area contributed by atoms with Crippen LogP contribution in [0.5, 0.6) is 0 Å². The van der Waals surface area contributed by atoms with Gasteiger partial charge in [0.25, 0.3) is 5.91 Å². The van der Waals surface area contributed by atoms with Crippen LogP contribution in [0.1, 0.15) is 28.8 Å². The average molecular weight is 449 g/mol. The van der Waals surface area contributed by atoms with E-state index in [2.05, 4.69) is 30.9 Å². The zero-order chi connectivity index (χ0) is 22.8. The largest absolute Gasteiger partial charge is 0.361 e. The second-order valence-electron chi connectivity index (χ2n) is 8.43. The number of aromatic amines is 2. The third-order valence-corrected chi connectivity index (χ3v) is 6.34. The molecular weight excluding hydrogens is 423 g/mol. The number of aromatic nitrogens is 3. The van der Waals surface area contributed by atoms with Crippen molar-refractivity contribution in [3.63, 3.8) is 0 Å². The quantitative estimate of drug-likeness (QED) is 0.312. The van der Waals surface area contributed by atoms with E-state index in [0.717, 1.165) is 27.5 Å². The Balaban J connectivity index is 1.28. The van der Waals surface area contributed by atoms with E-state index in [1.165, 1.54) is 12.1 Å². The van der Waals surface area contributed by atoms with Gasteiger partial charge in [-0.25, -0.2) is 9.37 Å². The summed E-state index contributed by atoms with van der Waals surface area (Å²) in [7, 11) is 0. The highest BCUT2D eigenvalue weighted by molar-refractivity contribution is 6.01. The van der Waals surface area contributed by atoms with Crippen LogP contribution in [-0.2, 0) is 11.2 Å². The summed E-state index contributed by atoms with van der Waals surface area (Å²) < 4.78 is 13.6. The molecular formula is C24H25FN6O2. The summed E-state index contributed by atoms with van der Waals surface area (Å²) in [6.45, 7) is 1.65. The van der Waals surface area contributed by atoms with E-state index in [-0.39, 0.29) is 17.6 Å². The molecule has 8 nitrogen and oxygen atoms in total. The molecule has 5 rings (SSSR count). The highest BCUT2D eigenvalue weighted by Crippen LogP contribution is 2.22. The second-order valence-corrected chi connectivity index (χ2v) is 8.43. The molecule has 1 fully saturated rings. The predicted molar refractivity (Wildman–Crippen MR) is 123 cm³/mol. The molecule has 9 heteroatoms. The van der Waals surface area contributed by atoms with Crippen molar-refractivity contribution in [3.8, 4) is 0 Å². The van der Waals surface area contributed by atoms with Crippen LogP contribution in [0, 0.1) is 5.82 Å². The van der Waals surface area contributed by atoms with Crippen molar-refractivity contribution in [1.29, 1.82) is 0 Å². The van der Waals surface area contributed by atoms with Gasteiger partial charge < -0.3 is 25.9 Å². The molecule has 0 unspecified atom stereocenters. The van der Waals surface area contributed by atoms with Gasteiger partial charge in [0.1, 0.15) is 11.4 Å². The standard InChI is InChI=1S/C24H25FN6O2/c25-17-2-4-19-18(12-17)16(13-28-19)5-8-27-23(33)24(6-9-26-10-7-24)31-22(32)15-1-3-20-21(11-15)30-14-29-20/h1-4,11-14,26,28H,5-10H2,(H,27,33)(H,29,30)(H,31,32). The number of halogens is 1. The molecule has 0 aliphatic carbocycles. The Hall–Kier alpha value is -3.72. The number of rotatable bonds is 6. The van der Waals surface area contributed by atoms with E-state index in [0.29, 0.717) is 44.5 Å². The maximum absolute atomic E-state index is 13.6. The number of hydrogen-bond donors (Lipinski definition) is 5. The van der Waals surface area contributed by atoms with E-state index >= 15 is 0 Å². The van der Waals surface area contributed by atoms with Crippen molar-refractivity contribution in [2.45, 2.75) is 24.8 Å². The highest BCUT2D eigenvalue weighted by Gasteiger charge is 2.41. The molecule has 2 aromatic heterocycles. The van der Waals surface area contributed by atoms with Crippen LogP contribution in [0.25, 0.3) is 21.9 Å². The summed E-state index contributed by atoms with van der Waals surface area (Å²) in [6, 6.07) is 9.83. The smallest absolute Gasteiger partial charge is 0.252 e. The zero-order valence-corrected chi connectivity index (χ0v) is 18.0. The topological polar surface area (TPSA) is 115 Å². The minimum atomic E-state index is -0.988. The molecule has 1 saturated heterocycles. The Morgan fingerprint density at radius 3 is 2.76 bits per heavy atom. The highest BCUT2D eigenvalue weighted by atomic mass is 19.1. The molecule has 2 amide bonds. The molecule has 3 heterocycles. The number of carbonyl (C=O) groups excluding carboxylic acids is 2. The Kier molecular flexibility index (Phi) is 5.55. The number of nitrogens with zero attached hydrogens (tertiary/aromatic N) is 1. The summed E-state index contributed by atoms with van der Waals surface area (Å²) in [4.78, 5) is 36.6. The van der Waals surface area contributed by atoms with Crippen molar-refractivity contribution in [3.05, 3.63) is 65.9 Å². The first kappa shape index (κ1) is 21.1. The summed E-state index contributed by atoms with van der Waals surface area (Å²) in [5, 5.41) is 10.0. The maximum atomic E-state index is 13.6. The first-order valence-electron chi connectivity index (χ1n) is 11.0. The Morgan fingerprint density at radius 2 is 1.91 bits per heavy atom. The number of H-pyrrole nitrogens is 2. The van der Waals surface area contributed by atoms with Crippen LogP contribution in [0.2, 0.25) is 0 Å². The molecule has 170 valence electrons. The van der Waals surface area contributed by atoms with E-state index in [1.807, 2.05) is 6.20 Å². The van der Waals surface area contributed by atoms with Gasteiger partial charge in [-0.15, -0.1) is 0 Å². The van der Waals surface area contributed by atoms with Crippen LogP contribution < -0.4 is 16.0 Å². The van der Waals surface area contributed by atoms with E-state index in [1.54, 1.807) is 30.6 Å². The van der Waals surface area contributed by atoms with Gasteiger partial charge >= 0.3 is 0 Å². The predicted octanol–water partition coefficient (Wildman–Crippen LogP) is 2.39. The SMILES string of the molecule is O=C(NC1(C(=O)NCCc2c[nH]c3ccc(F)cc23)CCNCC1)c1ccc2nc[nH]c2c1.